The van der Waals surface area contributed by atoms with Crippen LogP contribution in [-0.4, -0.2) is 44.5 Å². The molecule has 0 unspecified atom stereocenters. The molecule has 6 nitrogen and oxygen atoms in total. The first kappa shape index (κ1) is 21.3. The Morgan fingerprint density at radius 1 is 1.07 bits per heavy atom. The van der Waals surface area contributed by atoms with E-state index < -0.39 is 0 Å². The molecule has 150 valence electrons. The van der Waals surface area contributed by atoms with E-state index in [0.717, 1.165) is 34.9 Å². The molecule has 2 N–H and O–H groups in total. The third kappa shape index (κ3) is 6.01. The molecule has 0 fully saturated rings. The van der Waals surface area contributed by atoms with Gasteiger partial charge < -0.3 is 20.3 Å². The number of hydrogen-bond donors (Lipinski definition) is 2. The summed E-state index contributed by atoms with van der Waals surface area (Å²) in [6, 6.07) is 13.7. The Hall–Kier alpha value is -3.02. The van der Waals surface area contributed by atoms with Crippen molar-refractivity contribution in [3.05, 3.63) is 64.7 Å². The van der Waals surface area contributed by atoms with Gasteiger partial charge in [0.2, 0.25) is 0 Å². The normalized spacial score (nSPS) is 11.1. The van der Waals surface area contributed by atoms with Crippen molar-refractivity contribution < 1.29 is 9.53 Å². The van der Waals surface area contributed by atoms with Crippen LogP contribution in [0.15, 0.2) is 47.5 Å². The number of hydrogen-bond acceptors (Lipinski definition) is 3. The highest BCUT2D eigenvalue weighted by molar-refractivity contribution is 5.93. The Morgan fingerprint density at radius 2 is 1.75 bits per heavy atom. The molecule has 0 bridgehead atoms. The molecule has 0 atom stereocenters. The van der Waals surface area contributed by atoms with Gasteiger partial charge in [-0.1, -0.05) is 24.3 Å². The number of nitrogens with zero attached hydrogens (tertiary/aromatic N) is 2. The van der Waals surface area contributed by atoms with Crippen LogP contribution in [0.5, 0.6) is 5.75 Å². The summed E-state index contributed by atoms with van der Waals surface area (Å²) in [5, 5.41) is 6.59. The Morgan fingerprint density at radius 3 is 2.32 bits per heavy atom. The molecule has 0 aromatic heterocycles. The van der Waals surface area contributed by atoms with Crippen LogP contribution in [0.3, 0.4) is 0 Å². The number of amides is 1. The summed E-state index contributed by atoms with van der Waals surface area (Å²) in [6.07, 6.45) is 0. The minimum absolute atomic E-state index is 0.00388. The maximum absolute atomic E-state index is 12.0. The average molecular weight is 383 g/mol. The van der Waals surface area contributed by atoms with Gasteiger partial charge in [0.15, 0.2) is 5.96 Å². The fourth-order valence-electron chi connectivity index (χ4n) is 2.76. The zero-order valence-electron chi connectivity index (χ0n) is 17.4. The molecule has 28 heavy (non-hydrogen) atoms. The quantitative estimate of drug-likeness (QED) is 0.571. The second kappa shape index (κ2) is 10.3. The van der Waals surface area contributed by atoms with Gasteiger partial charge in [-0.05, 0) is 48.7 Å². The summed E-state index contributed by atoms with van der Waals surface area (Å²) in [4.78, 5) is 18.2. The molecule has 0 aliphatic heterocycles. The second-order valence-corrected chi connectivity index (χ2v) is 6.75. The highest BCUT2D eigenvalue weighted by Crippen LogP contribution is 2.18. The summed E-state index contributed by atoms with van der Waals surface area (Å²) >= 11 is 0. The van der Waals surface area contributed by atoms with Gasteiger partial charge in [-0.3, -0.25) is 4.79 Å². The monoisotopic (exact) mass is 382 g/mol. The molecule has 2 aromatic rings. The van der Waals surface area contributed by atoms with Crippen LogP contribution in [0.2, 0.25) is 0 Å². The van der Waals surface area contributed by atoms with Crippen molar-refractivity contribution in [2.75, 3.05) is 27.7 Å². The van der Waals surface area contributed by atoms with Gasteiger partial charge in [0.1, 0.15) is 5.75 Å². The lowest BCUT2D eigenvalue weighted by Crippen LogP contribution is -2.36. The fraction of sp³-hybridized carbons (Fsp3) is 0.364. The van der Waals surface area contributed by atoms with Gasteiger partial charge >= 0.3 is 0 Å². The third-order valence-corrected chi connectivity index (χ3v) is 4.29. The lowest BCUT2D eigenvalue weighted by Gasteiger charge is -2.13. The fourth-order valence-corrected chi connectivity index (χ4v) is 2.76. The number of methoxy groups -OCH3 is 1. The van der Waals surface area contributed by atoms with Crippen LogP contribution >= 0.6 is 0 Å². The van der Waals surface area contributed by atoms with Crippen molar-refractivity contribution >= 4 is 11.9 Å². The van der Waals surface area contributed by atoms with E-state index >= 15 is 0 Å². The van der Waals surface area contributed by atoms with E-state index in [4.69, 9.17) is 4.74 Å². The predicted molar refractivity (Wildman–Crippen MR) is 114 cm³/mol. The van der Waals surface area contributed by atoms with Crippen molar-refractivity contribution in [3.8, 4) is 5.75 Å². The summed E-state index contributed by atoms with van der Waals surface area (Å²) in [5.74, 6) is 1.64. The highest BCUT2D eigenvalue weighted by Gasteiger charge is 2.07. The Balaban J connectivity index is 1.99. The summed E-state index contributed by atoms with van der Waals surface area (Å²) in [5.41, 5.74) is 3.99. The number of carbonyl (C=O) groups excluding carboxylic acids is 1. The maximum atomic E-state index is 12.0. The second-order valence-electron chi connectivity index (χ2n) is 6.75. The molecular formula is C22H30N4O2. The average Bonchev–Trinajstić information content (AvgIpc) is 2.70. The molecule has 0 aliphatic carbocycles. The largest absolute Gasteiger partial charge is 0.496 e. The van der Waals surface area contributed by atoms with Gasteiger partial charge in [-0.2, -0.15) is 0 Å². The van der Waals surface area contributed by atoms with Crippen molar-refractivity contribution in [2.45, 2.75) is 26.9 Å². The molecule has 0 spiro atoms. The molecule has 0 saturated carbocycles. The standard InChI is InChI=1S/C22H30N4O2/c1-6-23-22(25-15-18-9-12-20(28-5)16(2)13-18)24-14-17-7-10-19(11-8-17)21(27)26(3)4/h7-13H,6,14-15H2,1-5H3,(H2,23,24,25). The van der Waals surface area contributed by atoms with E-state index in [0.29, 0.717) is 18.7 Å². The number of benzene rings is 2. The zero-order chi connectivity index (χ0) is 20.5. The highest BCUT2D eigenvalue weighted by atomic mass is 16.5. The summed E-state index contributed by atoms with van der Waals surface area (Å²) in [7, 11) is 5.18. The van der Waals surface area contributed by atoms with E-state index in [9.17, 15) is 4.79 Å². The van der Waals surface area contributed by atoms with Crippen LogP contribution in [0.4, 0.5) is 0 Å². The van der Waals surface area contributed by atoms with Crippen LogP contribution in [0, 0.1) is 6.92 Å². The zero-order valence-corrected chi connectivity index (χ0v) is 17.4. The predicted octanol–water partition coefficient (Wildman–Crippen LogP) is 2.96. The number of aliphatic imine (C=N–C) groups is 1. The van der Waals surface area contributed by atoms with Crippen LogP contribution in [0.25, 0.3) is 0 Å². The smallest absolute Gasteiger partial charge is 0.253 e. The van der Waals surface area contributed by atoms with Gasteiger partial charge in [0, 0.05) is 32.7 Å². The first-order chi connectivity index (χ1) is 13.4. The van der Waals surface area contributed by atoms with Gasteiger partial charge in [0.05, 0.1) is 13.7 Å². The maximum Gasteiger partial charge on any atom is 0.253 e. The van der Waals surface area contributed by atoms with E-state index in [1.165, 1.54) is 0 Å². The number of aryl methyl sites for hydroxylation is 1. The number of carbonyl (C=O) groups is 1. The first-order valence-electron chi connectivity index (χ1n) is 9.41. The number of ether oxygens (including phenoxy) is 1. The summed E-state index contributed by atoms with van der Waals surface area (Å²) in [6.45, 7) is 6.06. The Bertz CT molecular complexity index is 814. The topological polar surface area (TPSA) is 66.0 Å². The minimum Gasteiger partial charge on any atom is -0.496 e. The number of rotatable bonds is 7. The van der Waals surface area contributed by atoms with E-state index in [-0.39, 0.29) is 5.91 Å². The van der Waals surface area contributed by atoms with Gasteiger partial charge in [-0.25, -0.2) is 4.99 Å². The van der Waals surface area contributed by atoms with Crippen LogP contribution in [-0.2, 0) is 13.1 Å². The molecular weight excluding hydrogens is 352 g/mol. The van der Waals surface area contributed by atoms with Crippen molar-refractivity contribution in [3.63, 3.8) is 0 Å². The number of nitrogens with one attached hydrogen (secondary N) is 2. The molecule has 0 heterocycles. The molecule has 0 aliphatic rings. The number of guanidine groups is 1. The van der Waals surface area contributed by atoms with E-state index in [2.05, 4.69) is 21.7 Å². The van der Waals surface area contributed by atoms with Gasteiger partial charge in [0.25, 0.3) is 5.91 Å². The molecule has 6 heteroatoms. The lowest BCUT2D eigenvalue weighted by molar-refractivity contribution is 0.0827. The molecule has 2 rings (SSSR count). The molecule has 0 saturated heterocycles. The van der Waals surface area contributed by atoms with Gasteiger partial charge in [-0.15, -0.1) is 0 Å². The van der Waals surface area contributed by atoms with E-state index in [1.54, 1.807) is 26.1 Å². The van der Waals surface area contributed by atoms with Crippen LogP contribution in [0.1, 0.15) is 34.0 Å². The van der Waals surface area contributed by atoms with Crippen LogP contribution < -0.4 is 15.4 Å². The third-order valence-electron chi connectivity index (χ3n) is 4.29. The molecule has 2 aromatic carbocycles. The van der Waals surface area contributed by atoms with E-state index in [1.807, 2.05) is 50.2 Å². The Kier molecular flexibility index (Phi) is 7.87. The summed E-state index contributed by atoms with van der Waals surface area (Å²) < 4.78 is 5.30. The molecule has 0 radical (unpaired) electrons. The Labute approximate surface area is 167 Å². The van der Waals surface area contributed by atoms with Crippen molar-refractivity contribution in [1.29, 1.82) is 0 Å². The first-order valence-corrected chi connectivity index (χ1v) is 9.41. The SMILES string of the molecule is CCNC(=NCc1ccc(OC)c(C)c1)NCc1ccc(C(=O)N(C)C)cc1. The molecule has 1 amide bonds. The van der Waals surface area contributed by atoms with Crippen molar-refractivity contribution in [2.24, 2.45) is 4.99 Å². The van der Waals surface area contributed by atoms with Crippen molar-refractivity contribution in [1.82, 2.24) is 15.5 Å². The minimum atomic E-state index is 0.00388. The lowest BCUT2D eigenvalue weighted by atomic mass is 10.1.